The first-order chi connectivity index (χ1) is 6.24. The molecule has 1 aromatic rings. The van der Waals surface area contributed by atoms with Gasteiger partial charge in [0.05, 0.1) is 0 Å². The highest BCUT2D eigenvalue weighted by molar-refractivity contribution is 4.82. The fourth-order valence-electron chi connectivity index (χ4n) is 1.05. The van der Waals surface area contributed by atoms with Crippen LogP contribution in [0.25, 0.3) is 0 Å². The maximum Gasteiger partial charge on any atom is 0.328 e. The molecule has 5 heteroatoms. The summed E-state index contributed by atoms with van der Waals surface area (Å²) in [5.41, 5.74) is -0.696. The van der Waals surface area contributed by atoms with Crippen LogP contribution in [0.5, 0.6) is 0 Å². The van der Waals surface area contributed by atoms with Crippen LogP contribution >= 0.6 is 0 Å². The van der Waals surface area contributed by atoms with Gasteiger partial charge < -0.3 is 9.88 Å². The molecule has 2 N–H and O–H groups in total. The zero-order chi connectivity index (χ0) is 9.68. The molecule has 0 saturated heterocycles. The second kappa shape index (κ2) is 4.61. The molecule has 0 saturated carbocycles. The molecule has 0 amide bonds. The molecule has 0 spiro atoms. The summed E-state index contributed by atoms with van der Waals surface area (Å²) in [5.74, 6) is 0. The average Bonchev–Trinajstić information content (AvgIpc) is 2.09. The van der Waals surface area contributed by atoms with Gasteiger partial charge in [-0.25, -0.2) is 4.79 Å². The Morgan fingerprint density at radius 2 is 2.31 bits per heavy atom. The summed E-state index contributed by atoms with van der Waals surface area (Å²) in [6.07, 6.45) is 2.37. The van der Waals surface area contributed by atoms with E-state index in [2.05, 4.69) is 10.3 Å². The molecule has 1 rings (SSSR count). The quantitative estimate of drug-likeness (QED) is 0.597. The van der Waals surface area contributed by atoms with Crippen molar-refractivity contribution in [3.63, 3.8) is 0 Å². The molecular weight excluding hydrogens is 170 g/mol. The molecular formula is C8H13N3O2. The van der Waals surface area contributed by atoms with Crippen LogP contribution < -0.4 is 16.6 Å². The minimum Gasteiger partial charge on any atom is -0.320 e. The van der Waals surface area contributed by atoms with E-state index in [-0.39, 0.29) is 11.2 Å². The number of aromatic amines is 1. The summed E-state index contributed by atoms with van der Waals surface area (Å²) < 4.78 is 1.48. The Labute approximate surface area is 75.4 Å². The van der Waals surface area contributed by atoms with E-state index in [4.69, 9.17) is 0 Å². The Balaban J connectivity index is 2.67. The van der Waals surface area contributed by atoms with Crippen LogP contribution in [0, 0.1) is 0 Å². The molecule has 0 bridgehead atoms. The van der Waals surface area contributed by atoms with Crippen molar-refractivity contribution in [3.05, 3.63) is 33.1 Å². The van der Waals surface area contributed by atoms with Crippen LogP contribution in [-0.2, 0) is 6.54 Å². The third-order valence-electron chi connectivity index (χ3n) is 1.72. The average molecular weight is 183 g/mol. The minimum absolute atomic E-state index is 0.344. The lowest BCUT2D eigenvalue weighted by Crippen LogP contribution is -2.29. The molecule has 0 atom stereocenters. The molecule has 13 heavy (non-hydrogen) atoms. The number of aryl methyl sites for hydroxylation is 1. The summed E-state index contributed by atoms with van der Waals surface area (Å²) in [4.78, 5) is 24.0. The fraction of sp³-hybridized carbons (Fsp3) is 0.500. The van der Waals surface area contributed by atoms with Crippen LogP contribution in [0.1, 0.15) is 6.42 Å². The monoisotopic (exact) mass is 183 g/mol. The van der Waals surface area contributed by atoms with Crippen LogP contribution in [0.15, 0.2) is 21.9 Å². The van der Waals surface area contributed by atoms with E-state index in [0.717, 1.165) is 13.0 Å². The number of nitrogens with one attached hydrogen (secondary N) is 2. The van der Waals surface area contributed by atoms with Crippen molar-refractivity contribution in [2.75, 3.05) is 13.6 Å². The zero-order valence-corrected chi connectivity index (χ0v) is 7.54. The maximum absolute atomic E-state index is 11.1. The van der Waals surface area contributed by atoms with Gasteiger partial charge in [0.15, 0.2) is 0 Å². The van der Waals surface area contributed by atoms with Gasteiger partial charge in [0.2, 0.25) is 0 Å². The SMILES string of the molecule is CNCCCn1ccc(=O)[nH]c1=O. The number of H-pyrrole nitrogens is 1. The predicted molar refractivity (Wildman–Crippen MR) is 49.9 cm³/mol. The summed E-state index contributed by atoms with van der Waals surface area (Å²) in [5, 5.41) is 2.98. The Kier molecular flexibility index (Phi) is 3.45. The predicted octanol–water partition coefficient (Wildman–Crippen LogP) is -0.854. The smallest absolute Gasteiger partial charge is 0.320 e. The highest BCUT2D eigenvalue weighted by Gasteiger charge is 1.94. The first kappa shape index (κ1) is 9.73. The molecule has 5 nitrogen and oxygen atoms in total. The van der Waals surface area contributed by atoms with Gasteiger partial charge >= 0.3 is 5.69 Å². The van der Waals surface area contributed by atoms with E-state index in [0.29, 0.717) is 6.54 Å². The van der Waals surface area contributed by atoms with Gasteiger partial charge in [-0.3, -0.25) is 9.78 Å². The van der Waals surface area contributed by atoms with E-state index in [9.17, 15) is 9.59 Å². The van der Waals surface area contributed by atoms with Crippen LogP contribution in [0.4, 0.5) is 0 Å². The van der Waals surface area contributed by atoms with Crippen molar-refractivity contribution in [1.29, 1.82) is 0 Å². The van der Waals surface area contributed by atoms with Gasteiger partial charge in [0, 0.05) is 18.8 Å². The van der Waals surface area contributed by atoms with Crippen molar-refractivity contribution >= 4 is 0 Å². The highest BCUT2D eigenvalue weighted by atomic mass is 16.2. The molecule has 1 heterocycles. The Morgan fingerprint density at radius 3 is 2.92 bits per heavy atom. The lowest BCUT2D eigenvalue weighted by molar-refractivity contribution is 0.584. The fourth-order valence-corrected chi connectivity index (χ4v) is 1.05. The lowest BCUT2D eigenvalue weighted by atomic mass is 10.4. The molecule has 0 aliphatic heterocycles. The van der Waals surface area contributed by atoms with Crippen molar-refractivity contribution in [2.24, 2.45) is 0 Å². The largest absolute Gasteiger partial charge is 0.328 e. The van der Waals surface area contributed by atoms with Crippen molar-refractivity contribution in [1.82, 2.24) is 14.9 Å². The molecule has 0 aliphatic rings. The lowest BCUT2D eigenvalue weighted by Gasteiger charge is -2.02. The third kappa shape index (κ3) is 2.87. The Bertz CT molecular complexity index is 366. The van der Waals surface area contributed by atoms with E-state index >= 15 is 0 Å². The summed E-state index contributed by atoms with van der Waals surface area (Å²) in [6, 6.07) is 1.35. The normalized spacial score (nSPS) is 10.2. The standard InChI is InChI=1S/C8H13N3O2/c1-9-4-2-5-11-6-3-7(12)10-8(11)13/h3,6,9H,2,4-5H2,1H3,(H,10,12,13). The third-order valence-corrected chi connectivity index (χ3v) is 1.72. The maximum atomic E-state index is 11.1. The first-order valence-electron chi connectivity index (χ1n) is 4.18. The molecule has 0 aliphatic carbocycles. The Hall–Kier alpha value is -1.36. The van der Waals surface area contributed by atoms with Crippen LogP contribution in [0.3, 0.4) is 0 Å². The van der Waals surface area contributed by atoms with Crippen LogP contribution in [-0.4, -0.2) is 23.1 Å². The first-order valence-corrected chi connectivity index (χ1v) is 4.18. The van der Waals surface area contributed by atoms with E-state index in [1.807, 2.05) is 7.05 Å². The van der Waals surface area contributed by atoms with Crippen molar-refractivity contribution in [2.45, 2.75) is 13.0 Å². The summed E-state index contributed by atoms with van der Waals surface area (Å²) >= 11 is 0. The number of hydrogen-bond donors (Lipinski definition) is 2. The van der Waals surface area contributed by atoms with Gasteiger partial charge in [-0.05, 0) is 20.0 Å². The van der Waals surface area contributed by atoms with Gasteiger partial charge in [0.25, 0.3) is 5.56 Å². The minimum atomic E-state index is -0.352. The molecule has 0 unspecified atom stereocenters. The van der Waals surface area contributed by atoms with Gasteiger partial charge in [-0.15, -0.1) is 0 Å². The highest BCUT2D eigenvalue weighted by Crippen LogP contribution is 1.81. The molecule has 0 aromatic carbocycles. The number of aromatic nitrogens is 2. The summed E-state index contributed by atoms with van der Waals surface area (Å²) in [7, 11) is 1.86. The molecule has 0 radical (unpaired) electrons. The molecule has 72 valence electrons. The van der Waals surface area contributed by atoms with Crippen LogP contribution in [0.2, 0.25) is 0 Å². The van der Waals surface area contributed by atoms with Gasteiger partial charge in [-0.2, -0.15) is 0 Å². The van der Waals surface area contributed by atoms with E-state index < -0.39 is 0 Å². The van der Waals surface area contributed by atoms with Gasteiger partial charge in [-0.1, -0.05) is 0 Å². The van der Waals surface area contributed by atoms with Gasteiger partial charge in [0.1, 0.15) is 0 Å². The van der Waals surface area contributed by atoms with E-state index in [1.54, 1.807) is 0 Å². The number of nitrogens with zero attached hydrogens (tertiary/aromatic N) is 1. The van der Waals surface area contributed by atoms with Crippen molar-refractivity contribution < 1.29 is 0 Å². The topological polar surface area (TPSA) is 66.9 Å². The van der Waals surface area contributed by atoms with Crippen molar-refractivity contribution in [3.8, 4) is 0 Å². The number of hydrogen-bond acceptors (Lipinski definition) is 3. The second-order valence-corrected chi connectivity index (χ2v) is 2.76. The number of rotatable bonds is 4. The zero-order valence-electron chi connectivity index (χ0n) is 7.54. The Morgan fingerprint density at radius 1 is 1.54 bits per heavy atom. The molecule has 1 aromatic heterocycles. The molecule has 0 fully saturated rings. The van der Waals surface area contributed by atoms with E-state index in [1.165, 1.54) is 16.8 Å². The summed E-state index contributed by atoms with van der Waals surface area (Å²) in [6.45, 7) is 1.47. The second-order valence-electron chi connectivity index (χ2n) is 2.76.